The lowest BCUT2D eigenvalue weighted by Gasteiger charge is -2.40. The zero-order valence-corrected chi connectivity index (χ0v) is 16.4. The SMILES string of the molecule is CC(=O)O[C@H]1C[C@](C)(OC(C)=O)[C@H]2CC(=O)C(C)=C2[C@@H]2OC(=O)[C@@](C)(O)[C@@]12O. The van der Waals surface area contributed by atoms with Crippen molar-refractivity contribution in [2.75, 3.05) is 0 Å². The number of ketones is 1. The Morgan fingerprint density at radius 2 is 1.75 bits per heavy atom. The summed E-state index contributed by atoms with van der Waals surface area (Å²) in [6, 6.07) is 0. The van der Waals surface area contributed by atoms with Crippen LogP contribution in [0.4, 0.5) is 0 Å². The normalized spacial score (nSPS) is 42.5. The third kappa shape index (κ3) is 2.60. The lowest BCUT2D eigenvalue weighted by atomic mass is 9.75. The average Bonchev–Trinajstić information content (AvgIpc) is 2.91. The molecule has 2 fully saturated rings. The number of hydrogen-bond donors (Lipinski definition) is 2. The number of esters is 3. The highest BCUT2D eigenvalue weighted by Gasteiger charge is 2.74. The Hall–Kier alpha value is -2.26. The van der Waals surface area contributed by atoms with Crippen molar-refractivity contribution in [2.24, 2.45) is 5.92 Å². The summed E-state index contributed by atoms with van der Waals surface area (Å²) in [5, 5.41) is 22.4. The van der Waals surface area contributed by atoms with Gasteiger partial charge in [-0.2, -0.15) is 0 Å². The quantitative estimate of drug-likeness (QED) is 0.486. The highest BCUT2D eigenvalue weighted by molar-refractivity contribution is 6.00. The monoisotopic (exact) mass is 396 g/mol. The second-order valence-corrected chi connectivity index (χ2v) is 8.15. The first-order valence-corrected chi connectivity index (χ1v) is 9.02. The number of carbonyl (C=O) groups excluding carboxylic acids is 4. The van der Waals surface area contributed by atoms with E-state index in [1.807, 2.05) is 0 Å². The van der Waals surface area contributed by atoms with E-state index in [1.165, 1.54) is 13.8 Å². The van der Waals surface area contributed by atoms with Gasteiger partial charge in [0.05, 0.1) is 0 Å². The summed E-state index contributed by atoms with van der Waals surface area (Å²) >= 11 is 0. The number of allylic oxidation sites excluding steroid dienone is 1. The number of ether oxygens (including phenoxy) is 3. The van der Waals surface area contributed by atoms with Gasteiger partial charge in [0.15, 0.2) is 23.1 Å². The Kier molecular flexibility index (Phi) is 4.47. The largest absolute Gasteiger partial charge is 0.459 e. The van der Waals surface area contributed by atoms with Crippen LogP contribution in [0.1, 0.15) is 47.5 Å². The lowest BCUT2D eigenvalue weighted by Crippen LogP contribution is -2.64. The Bertz CT molecular complexity index is 810. The Labute approximate surface area is 161 Å². The van der Waals surface area contributed by atoms with Gasteiger partial charge in [0.1, 0.15) is 11.7 Å². The Morgan fingerprint density at radius 1 is 1.14 bits per heavy atom. The molecule has 1 heterocycles. The van der Waals surface area contributed by atoms with Crippen LogP contribution in [-0.4, -0.2) is 62.9 Å². The topological polar surface area (TPSA) is 136 Å². The molecule has 1 saturated carbocycles. The molecule has 0 aromatic heterocycles. The summed E-state index contributed by atoms with van der Waals surface area (Å²) in [6.07, 6.45) is -3.11. The van der Waals surface area contributed by atoms with Crippen molar-refractivity contribution in [1.82, 2.24) is 0 Å². The van der Waals surface area contributed by atoms with E-state index in [-0.39, 0.29) is 29.8 Å². The zero-order chi connectivity index (χ0) is 21.2. The van der Waals surface area contributed by atoms with Crippen molar-refractivity contribution < 1.29 is 43.6 Å². The van der Waals surface area contributed by atoms with Crippen molar-refractivity contribution >= 4 is 23.7 Å². The molecule has 0 aromatic carbocycles. The molecule has 0 aromatic rings. The van der Waals surface area contributed by atoms with E-state index < -0.39 is 52.8 Å². The van der Waals surface area contributed by atoms with Crippen molar-refractivity contribution in [3.63, 3.8) is 0 Å². The van der Waals surface area contributed by atoms with Crippen LogP contribution >= 0.6 is 0 Å². The van der Waals surface area contributed by atoms with Crippen LogP contribution in [0.2, 0.25) is 0 Å². The minimum Gasteiger partial charge on any atom is -0.459 e. The maximum Gasteiger partial charge on any atom is 0.341 e. The smallest absolute Gasteiger partial charge is 0.341 e. The van der Waals surface area contributed by atoms with Crippen LogP contribution in [0.15, 0.2) is 11.1 Å². The molecule has 2 aliphatic carbocycles. The van der Waals surface area contributed by atoms with Crippen LogP contribution in [0.25, 0.3) is 0 Å². The second-order valence-electron chi connectivity index (χ2n) is 8.15. The molecule has 6 atom stereocenters. The van der Waals surface area contributed by atoms with E-state index >= 15 is 0 Å². The molecule has 0 bridgehead atoms. The first kappa shape index (κ1) is 20.5. The second kappa shape index (κ2) is 6.12. The molecule has 0 amide bonds. The van der Waals surface area contributed by atoms with Crippen LogP contribution < -0.4 is 0 Å². The van der Waals surface area contributed by atoms with E-state index in [9.17, 15) is 29.4 Å². The third-order valence-corrected chi connectivity index (χ3v) is 6.20. The average molecular weight is 396 g/mol. The molecule has 1 aliphatic heterocycles. The molecule has 28 heavy (non-hydrogen) atoms. The summed E-state index contributed by atoms with van der Waals surface area (Å²) in [4.78, 5) is 48.3. The van der Waals surface area contributed by atoms with E-state index in [0.717, 1.165) is 13.8 Å². The number of Topliss-reactive ketones (excluding diaryl/α,β-unsaturated/α-hetero) is 1. The zero-order valence-electron chi connectivity index (χ0n) is 16.4. The molecule has 1 saturated heterocycles. The van der Waals surface area contributed by atoms with Gasteiger partial charge in [-0.15, -0.1) is 0 Å². The summed E-state index contributed by atoms with van der Waals surface area (Å²) in [7, 11) is 0. The fourth-order valence-corrected chi connectivity index (χ4v) is 4.75. The number of carbonyl (C=O) groups is 4. The van der Waals surface area contributed by atoms with E-state index in [0.29, 0.717) is 0 Å². The molecule has 3 aliphatic rings. The number of fused-ring (bicyclic) bond motifs is 3. The van der Waals surface area contributed by atoms with Crippen molar-refractivity contribution in [3.05, 3.63) is 11.1 Å². The van der Waals surface area contributed by atoms with E-state index in [2.05, 4.69) is 0 Å². The lowest BCUT2D eigenvalue weighted by molar-refractivity contribution is -0.208. The molecular weight excluding hydrogens is 372 g/mol. The minimum absolute atomic E-state index is 0.0238. The third-order valence-electron chi connectivity index (χ3n) is 6.20. The summed E-state index contributed by atoms with van der Waals surface area (Å²) in [5.41, 5.74) is -5.58. The number of rotatable bonds is 2. The highest BCUT2D eigenvalue weighted by atomic mass is 16.6. The molecule has 0 spiro atoms. The highest BCUT2D eigenvalue weighted by Crippen LogP contribution is 2.55. The standard InChI is InChI=1S/C19H24O9/c1-8-12(22)6-11-14(8)15-19(25,18(5,24)16(23)27-15)13(26-9(2)20)7-17(11,4)28-10(3)21/h11,13,15,24-25H,6-7H2,1-5H3/t11-,13-,15-,17-,18+,19+/m0/s1. The molecule has 3 rings (SSSR count). The maximum atomic E-state index is 12.5. The van der Waals surface area contributed by atoms with Gasteiger partial charge in [0, 0.05) is 32.6 Å². The van der Waals surface area contributed by atoms with Crippen LogP contribution in [0.3, 0.4) is 0 Å². The number of hydrogen-bond acceptors (Lipinski definition) is 9. The van der Waals surface area contributed by atoms with Gasteiger partial charge in [-0.25, -0.2) is 4.79 Å². The van der Waals surface area contributed by atoms with Crippen LogP contribution in [0, 0.1) is 5.92 Å². The summed E-state index contributed by atoms with van der Waals surface area (Å²) in [5.74, 6) is -3.42. The first-order chi connectivity index (χ1) is 12.8. The molecule has 2 N–H and O–H groups in total. The molecule has 0 radical (unpaired) electrons. The fourth-order valence-electron chi connectivity index (χ4n) is 4.75. The van der Waals surface area contributed by atoms with Crippen molar-refractivity contribution in [3.8, 4) is 0 Å². The number of aliphatic hydroxyl groups is 2. The summed E-state index contributed by atoms with van der Waals surface area (Å²) < 4.78 is 16.2. The molecular formula is C19H24O9. The first-order valence-electron chi connectivity index (χ1n) is 9.02. The van der Waals surface area contributed by atoms with E-state index in [1.54, 1.807) is 6.92 Å². The Balaban J connectivity index is 2.28. The molecule has 154 valence electrons. The van der Waals surface area contributed by atoms with Gasteiger partial charge in [-0.1, -0.05) is 0 Å². The van der Waals surface area contributed by atoms with E-state index in [4.69, 9.17) is 14.2 Å². The van der Waals surface area contributed by atoms with Gasteiger partial charge in [0.25, 0.3) is 0 Å². The Morgan fingerprint density at radius 3 is 2.29 bits per heavy atom. The van der Waals surface area contributed by atoms with Gasteiger partial charge < -0.3 is 24.4 Å². The van der Waals surface area contributed by atoms with Gasteiger partial charge in [0.2, 0.25) is 0 Å². The van der Waals surface area contributed by atoms with Gasteiger partial charge >= 0.3 is 17.9 Å². The predicted octanol–water partition coefficient (Wildman–Crippen LogP) is -0.0434. The minimum atomic E-state index is -2.41. The van der Waals surface area contributed by atoms with Crippen molar-refractivity contribution in [2.45, 2.75) is 76.5 Å². The molecule has 9 nitrogen and oxygen atoms in total. The molecule has 9 heteroatoms. The summed E-state index contributed by atoms with van der Waals surface area (Å²) in [6.45, 7) is 6.49. The maximum absolute atomic E-state index is 12.5. The molecule has 0 unspecified atom stereocenters. The predicted molar refractivity (Wildman–Crippen MR) is 91.6 cm³/mol. The van der Waals surface area contributed by atoms with Crippen molar-refractivity contribution in [1.29, 1.82) is 0 Å². The van der Waals surface area contributed by atoms with Crippen LogP contribution in [-0.2, 0) is 33.4 Å². The fraction of sp³-hybridized carbons (Fsp3) is 0.684. The van der Waals surface area contributed by atoms with Crippen LogP contribution in [0.5, 0.6) is 0 Å². The van der Waals surface area contributed by atoms with Gasteiger partial charge in [-0.05, 0) is 31.9 Å². The van der Waals surface area contributed by atoms with Gasteiger partial charge in [-0.3, -0.25) is 14.4 Å².